The maximum absolute atomic E-state index is 2.75. The number of thiophene rings is 1. The first-order valence-electron chi connectivity index (χ1n) is 23.6. The Labute approximate surface area is 384 Å². The van der Waals surface area contributed by atoms with Crippen LogP contribution in [0, 0.1) is 6.92 Å². The molecule has 4 aliphatic rings. The van der Waals surface area contributed by atoms with Crippen molar-refractivity contribution in [2.24, 2.45) is 0 Å². The number of fused-ring (bicyclic) bond motifs is 10. The first-order chi connectivity index (χ1) is 30.7. The third-order valence-electron chi connectivity index (χ3n) is 15.9. The molecule has 2 atom stereocenters. The van der Waals surface area contributed by atoms with Crippen molar-refractivity contribution < 1.29 is 0 Å². The van der Waals surface area contributed by atoms with E-state index in [-0.39, 0.29) is 28.5 Å². The highest BCUT2D eigenvalue weighted by molar-refractivity contribution is 7.26. The SMILES string of the molecule is Cc1cc2c3c(c1)N(c1cccc4c1sc1ccccc14)c1ccc(C(C)(C)C)cc1B3c1ccc(N3c4ccccc4C4(C)CCCCC34C)cc1N2c1ccc(C(C)(C)C)cc1. The molecule has 64 heavy (non-hydrogen) atoms. The van der Waals surface area contributed by atoms with Gasteiger partial charge in [-0.05, 0) is 137 Å². The molecule has 318 valence electrons. The average Bonchev–Trinajstić information content (AvgIpc) is 3.75. The molecule has 4 heterocycles. The van der Waals surface area contributed by atoms with E-state index in [4.69, 9.17) is 0 Å². The highest BCUT2D eigenvalue weighted by atomic mass is 32.1. The van der Waals surface area contributed by atoms with Crippen molar-refractivity contribution in [1.82, 2.24) is 0 Å². The molecular weight excluding hydrogens is 794 g/mol. The number of rotatable bonds is 3. The predicted molar refractivity (Wildman–Crippen MR) is 278 cm³/mol. The van der Waals surface area contributed by atoms with Crippen LogP contribution in [0.5, 0.6) is 0 Å². The standard InChI is InChI=1S/C59H58BN3S/c1-37-33-51-54-52(34-37)62(49-21-16-18-43-42-17-10-13-22-53(42)64-55(43)49)48-30-25-39(57(5,6)7)35-46(48)60(54)45-29-28-41(36-50(45)61(51)40-26-23-38(24-27-40)56(2,3)4)63-47-20-12-11-19-44(47)58(8)31-14-15-32-59(58,63)9/h10-13,16-30,33-36H,14-15,31-32H2,1-9H3. The minimum absolute atomic E-state index is 0.0187. The fraction of sp³-hybridized carbons (Fsp3) is 0.288. The second-order valence-electron chi connectivity index (χ2n) is 21.8. The Kier molecular flexibility index (Phi) is 8.47. The van der Waals surface area contributed by atoms with Crippen molar-refractivity contribution in [2.45, 2.75) is 110 Å². The van der Waals surface area contributed by atoms with Crippen molar-refractivity contribution in [1.29, 1.82) is 0 Å². The van der Waals surface area contributed by atoms with Gasteiger partial charge in [-0.3, -0.25) is 0 Å². The third kappa shape index (κ3) is 5.52. The van der Waals surface area contributed by atoms with E-state index in [9.17, 15) is 0 Å². The van der Waals surface area contributed by atoms with E-state index in [1.165, 1.54) is 130 Å². The molecule has 3 nitrogen and oxygen atoms in total. The van der Waals surface area contributed by atoms with Gasteiger partial charge in [-0.25, -0.2) is 0 Å². The quantitative estimate of drug-likeness (QED) is 0.164. The maximum Gasteiger partial charge on any atom is 0.252 e. The number of para-hydroxylation sites is 1. The molecule has 12 rings (SSSR count). The minimum Gasteiger partial charge on any atom is -0.334 e. The van der Waals surface area contributed by atoms with E-state index in [0.29, 0.717) is 0 Å². The Balaban J connectivity index is 1.15. The van der Waals surface area contributed by atoms with E-state index in [2.05, 4.69) is 217 Å². The average molecular weight is 852 g/mol. The molecule has 8 aromatic rings. The second-order valence-corrected chi connectivity index (χ2v) is 22.9. The summed E-state index contributed by atoms with van der Waals surface area (Å²) in [5, 5.41) is 2.64. The van der Waals surface area contributed by atoms with Crippen molar-refractivity contribution in [3.8, 4) is 0 Å². The van der Waals surface area contributed by atoms with Crippen LogP contribution >= 0.6 is 11.3 Å². The zero-order valence-electron chi connectivity index (χ0n) is 38.9. The van der Waals surface area contributed by atoms with Gasteiger partial charge in [0.15, 0.2) is 0 Å². The van der Waals surface area contributed by atoms with Crippen LogP contribution < -0.4 is 31.1 Å². The normalized spacial score (nSPS) is 20.0. The summed E-state index contributed by atoms with van der Waals surface area (Å²) in [5.74, 6) is 0. The number of benzene rings is 7. The second kappa shape index (κ2) is 13.6. The minimum atomic E-state index is -0.0359. The molecule has 0 amide bonds. The van der Waals surface area contributed by atoms with Crippen LogP contribution in [-0.2, 0) is 16.2 Å². The smallest absolute Gasteiger partial charge is 0.252 e. The molecule has 0 saturated heterocycles. The molecule has 1 aliphatic carbocycles. The maximum atomic E-state index is 2.75. The highest BCUT2D eigenvalue weighted by Gasteiger charge is 2.57. The molecule has 0 radical (unpaired) electrons. The number of hydrogen-bond donors (Lipinski definition) is 0. The van der Waals surface area contributed by atoms with Gasteiger partial charge in [0.2, 0.25) is 0 Å². The molecule has 0 spiro atoms. The van der Waals surface area contributed by atoms with Crippen LogP contribution in [0.15, 0.2) is 140 Å². The summed E-state index contributed by atoms with van der Waals surface area (Å²) in [6, 6.07) is 54.5. The van der Waals surface area contributed by atoms with Gasteiger partial charge in [0.1, 0.15) is 0 Å². The molecule has 1 saturated carbocycles. The largest absolute Gasteiger partial charge is 0.334 e. The number of hydrogen-bond acceptors (Lipinski definition) is 4. The van der Waals surface area contributed by atoms with Crippen molar-refractivity contribution in [3.63, 3.8) is 0 Å². The summed E-state index contributed by atoms with van der Waals surface area (Å²) < 4.78 is 2.65. The van der Waals surface area contributed by atoms with Crippen LogP contribution in [-0.4, -0.2) is 12.3 Å². The molecule has 7 aromatic carbocycles. The molecule has 2 unspecified atom stereocenters. The monoisotopic (exact) mass is 851 g/mol. The van der Waals surface area contributed by atoms with Gasteiger partial charge in [0.05, 0.1) is 15.9 Å². The lowest BCUT2D eigenvalue weighted by Crippen LogP contribution is -2.61. The van der Waals surface area contributed by atoms with Gasteiger partial charge >= 0.3 is 0 Å². The summed E-state index contributed by atoms with van der Waals surface area (Å²) in [6.07, 6.45) is 4.92. The Bertz CT molecular complexity index is 3220. The zero-order chi connectivity index (χ0) is 44.1. The van der Waals surface area contributed by atoms with Gasteiger partial charge < -0.3 is 14.7 Å². The van der Waals surface area contributed by atoms with E-state index in [1.807, 2.05) is 11.3 Å². The lowest BCUT2D eigenvalue weighted by Gasteiger charge is -2.50. The van der Waals surface area contributed by atoms with Gasteiger partial charge in [-0.2, -0.15) is 0 Å². The van der Waals surface area contributed by atoms with Gasteiger partial charge in [0, 0.05) is 60.7 Å². The molecule has 0 N–H and O–H groups in total. The number of anilines is 8. The van der Waals surface area contributed by atoms with Crippen molar-refractivity contribution >= 4 is 100 Å². The van der Waals surface area contributed by atoms with Crippen molar-refractivity contribution in [3.05, 3.63) is 162 Å². The van der Waals surface area contributed by atoms with Gasteiger partial charge in [-0.1, -0.05) is 140 Å². The van der Waals surface area contributed by atoms with Gasteiger partial charge in [0.25, 0.3) is 6.71 Å². The molecule has 5 heteroatoms. The Morgan fingerprint density at radius 3 is 1.97 bits per heavy atom. The van der Waals surface area contributed by atoms with Crippen LogP contribution in [0.1, 0.15) is 103 Å². The molecule has 1 aromatic heterocycles. The summed E-state index contributed by atoms with van der Waals surface area (Å²) >= 11 is 1.92. The molecular formula is C59H58BN3S. The van der Waals surface area contributed by atoms with Crippen LogP contribution in [0.4, 0.5) is 45.5 Å². The Hall–Kier alpha value is -5.78. The number of nitrogens with zero attached hydrogens (tertiary/aromatic N) is 3. The van der Waals surface area contributed by atoms with E-state index < -0.39 is 0 Å². The first-order valence-corrected chi connectivity index (χ1v) is 24.4. The fourth-order valence-corrected chi connectivity index (χ4v) is 13.6. The molecule has 0 bridgehead atoms. The number of aryl methyl sites for hydroxylation is 1. The predicted octanol–water partition coefficient (Wildman–Crippen LogP) is 14.8. The summed E-state index contributed by atoms with van der Waals surface area (Å²) in [7, 11) is 0. The summed E-state index contributed by atoms with van der Waals surface area (Å²) in [6.45, 7) is 21.4. The lowest BCUT2D eigenvalue weighted by atomic mass is 9.33. The highest BCUT2D eigenvalue weighted by Crippen LogP contribution is 2.61. The first kappa shape index (κ1) is 39.8. The molecule has 1 fully saturated rings. The fourth-order valence-electron chi connectivity index (χ4n) is 12.4. The lowest BCUT2D eigenvalue weighted by molar-refractivity contribution is 0.195. The summed E-state index contributed by atoms with van der Waals surface area (Å²) in [4.78, 5) is 7.99. The van der Waals surface area contributed by atoms with Gasteiger partial charge in [-0.15, -0.1) is 11.3 Å². The Morgan fingerprint density at radius 1 is 0.531 bits per heavy atom. The van der Waals surface area contributed by atoms with Crippen LogP contribution in [0.3, 0.4) is 0 Å². The Morgan fingerprint density at radius 2 is 1.19 bits per heavy atom. The molecule has 3 aliphatic heterocycles. The van der Waals surface area contributed by atoms with Crippen LogP contribution in [0.2, 0.25) is 0 Å². The van der Waals surface area contributed by atoms with E-state index in [0.717, 1.165) is 0 Å². The van der Waals surface area contributed by atoms with Crippen molar-refractivity contribution in [2.75, 3.05) is 14.7 Å². The van der Waals surface area contributed by atoms with E-state index in [1.54, 1.807) is 0 Å². The van der Waals surface area contributed by atoms with E-state index >= 15 is 0 Å². The van der Waals surface area contributed by atoms with Crippen LogP contribution in [0.25, 0.3) is 20.2 Å². The summed E-state index contributed by atoms with van der Waals surface area (Å²) in [5.41, 5.74) is 19.8. The topological polar surface area (TPSA) is 9.72 Å². The zero-order valence-corrected chi connectivity index (χ0v) is 39.8. The third-order valence-corrected chi connectivity index (χ3v) is 17.2.